The third kappa shape index (κ3) is 3.28. The van der Waals surface area contributed by atoms with Gasteiger partial charge in [0.2, 0.25) is 5.91 Å². The molecule has 0 bridgehead atoms. The lowest BCUT2D eigenvalue weighted by Gasteiger charge is -2.36. The highest BCUT2D eigenvalue weighted by Crippen LogP contribution is 2.38. The molecule has 1 aromatic rings. The second-order valence-electron chi connectivity index (χ2n) is 7.47. The van der Waals surface area contributed by atoms with E-state index < -0.39 is 30.0 Å². The largest absolute Gasteiger partial charge is 0.465 e. The molecule has 4 amide bonds. The maximum Gasteiger partial charge on any atom is 0.341 e. The van der Waals surface area contributed by atoms with Crippen LogP contribution in [0.2, 0.25) is 0 Å². The lowest BCUT2D eigenvalue weighted by atomic mass is 9.73. The van der Waals surface area contributed by atoms with Crippen LogP contribution in [0.25, 0.3) is 0 Å². The molecule has 2 N–H and O–H groups in total. The number of carbonyl (C=O) groups excluding carboxylic acids is 4. The van der Waals surface area contributed by atoms with Crippen LogP contribution in [0, 0.1) is 19.8 Å². The Morgan fingerprint density at radius 3 is 2.68 bits per heavy atom. The quantitative estimate of drug-likeness (QED) is 0.590. The first-order valence-corrected chi connectivity index (χ1v) is 10.1. The van der Waals surface area contributed by atoms with Gasteiger partial charge in [0.05, 0.1) is 12.7 Å². The smallest absolute Gasteiger partial charge is 0.341 e. The van der Waals surface area contributed by atoms with Gasteiger partial charge in [0.25, 0.3) is 5.91 Å². The van der Waals surface area contributed by atoms with Gasteiger partial charge in [-0.05, 0) is 38.2 Å². The molecule has 2 heterocycles. The summed E-state index contributed by atoms with van der Waals surface area (Å²) in [5.41, 5.74) is 0.133. The fourth-order valence-electron chi connectivity index (χ4n) is 4.01. The van der Waals surface area contributed by atoms with Gasteiger partial charge in [0.15, 0.2) is 0 Å². The number of nitrogens with zero attached hydrogens (tertiary/aromatic N) is 1. The second kappa shape index (κ2) is 7.54. The van der Waals surface area contributed by atoms with Crippen LogP contribution < -0.4 is 10.6 Å². The van der Waals surface area contributed by atoms with Gasteiger partial charge < -0.3 is 15.4 Å². The third-order valence-corrected chi connectivity index (χ3v) is 6.95. The minimum atomic E-state index is -0.900. The van der Waals surface area contributed by atoms with Crippen molar-refractivity contribution in [3.63, 3.8) is 0 Å². The Labute approximate surface area is 167 Å². The Hall–Kier alpha value is -2.42. The van der Waals surface area contributed by atoms with Crippen molar-refractivity contribution in [2.75, 3.05) is 19.0 Å². The van der Waals surface area contributed by atoms with Crippen molar-refractivity contribution in [3.05, 3.63) is 16.0 Å². The summed E-state index contributed by atoms with van der Waals surface area (Å²) in [5.74, 6) is -1.39. The van der Waals surface area contributed by atoms with E-state index in [1.807, 2.05) is 13.8 Å². The lowest BCUT2D eigenvalue weighted by molar-refractivity contribution is -0.136. The van der Waals surface area contributed by atoms with E-state index >= 15 is 0 Å². The predicted octanol–water partition coefficient (Wildman–Crippen LogP) is 2.59. The van der Waals surface area contributed by atoms with Gasteiger partial charge in [0.1, 0.15) is 17.1 Å². The summed E-state index contributed by atoms with van der Waals surface area (Å²) in [4.78, 5) is 51.8. The van der Waals surface area contributed by atoms with Crippen LogP contribution in [0.5, 0.6) is 0 Å². The minimum Gasteiger partial charge on any atom is -0.465 e. The van der Waals surface area contributed by atoms with Crippen molar-refractivity contribution in [2.24, 2.45) is 5.92 Å². The molecule has 1 spiro atoms. The molecule has 2 fully saturated rings. The maximum atomic E-state index is 13.0. The number of hydrogen-bond acceptors (Lipinski definition) is 6. The standard InChI is InChI=1S/C19H25N3O5S/c1-10-7-5-6-8-19(10)17(25)22(18(26)21-19)9-13(23)20-15-14(16(24)27-4)11(2)12(3)28-15/h10H,5-9H2,1-4H3,(H,20,23)(H,21,26). The number of nitrogens with one attached hydrogen (secondary N) is 2. The summed E-state index contributed by atoms with van der Waals surface area (Å²) < 4.78 is 4.79. The highest BCUT2D eigenvalue weighted by Gasteiger charge is 2.55. The minimum absolute atomic E-state index is 0.0271. The van der Waals surface area contributed by atoms with Gasteiger partial charge in [-0.1, -0.05) is 19.8 Å². The summed E-state index contributed by atoms with van der Waals surface area (Å²) in [7, 11) is 1.28. The molecule has 8 nitrogen and oxygen atoms in total. The van der Waals surface area contributed by atoms with E-state index in [0.717, 1.165) is 34.6 Å². The zero-order valence-corrected chi connectivity index (χ0v) is 17.3. The number of rotatable bonds is 4. The van der Waals surface area contributed by atoms with Crippen LogP contribution in [0.15, 0.2) is 0 Å². The van der Waals surface area contributed by atoms with Crippen LogP contribution in [0.1, 0.15) is 53.4 Å². The van der Waals surface area contributed by atoms with Crippen molar-refractivity contribution in [2.45, 2.75) is 52.0 Å². The summed E-state index contributed by atoms with van der Waals surface area (Å²) in [6.07, 6.45) is 3.35. The Balaban J connectivity index is 1.76. The fourth-order valence-corrected chi connectivity index (χ4v) is 5.08. The van der Waals surface area contributed by atoms with Crippen molar-refractivity contribution in [1.29, 1.82) is 0 Å². The molecule has 1 aliphatic heterocycles. The Kier molecular flexibility index (Phi) is 5.47. The fraction of sp³-hybridized carbons (Fsp3) is 0.579. The van der Waals surface area contributed by atoms with E-state index in [1.165, 1.54) is 18.4 Å². The van der Waals surface area contributed by atoms with Gasteiger partial charge in [-0.2, -0.15) is 0 Å². The van der Waals surface area contributed by atoms with Crippen molar-refractivity contribution in [1.82, 2.24) is 10.2 Å². The van der Waals surface area contributed by atoms with Gasteiger partial charge in [-0.15, -0.1) is 11.3 Å². The van der Waals surface area contributed by atoms with Crippen LogP contribution in [0.4, 0.5) is 9.80 Å². The molecular weight excluding hydrogens is 382 g/mol. The average molecular weight is 407 g/mol. The first-order chi connectivity index (χ1) is 13.2. The van der Waals surface area contributed by atoms with E-state index in [9.17, 15) is 19.2 Å². The molecule has 0 radical (unpaired) electrons. The number of methoxy groups -OCH3 is 1. The topological polar surface area (TPSA) is 105 Å². The Morgan fingerprint density at radius 2 is 2.04 bits per heavy atom. The number of esters is 1. The number of carbonyl (C=O) groups is 4. The zero-order chi connectivity index (χ0) is 20.6. The van der Waals surface area contributed by atoms with E-state index in [-0.39, 0.29) is 11.8 Å². The van der Waals surface area contributed by atoms with E-state index in [2.05, 4.69) is 10.6 Å². The molecule has 28 heavy (non-hydrogen) atoms. The SMILES string of the molecule is COC(=O)c1c(NC(=O)CN2C(=O)NC3(CCCCC3C)C2=O)sc(C)c1C. The van der Waals surface area contributed by atoms with Gasteiger partial charge in [-0.25, -0.2) is 9.59 Å². The summed E-state index contributed by atoms with van der Waals surface area (Å²) in [6.45, 7) is 5.18. The van der Waals surface area contributed by atoms with Crippen LogP contribution >= 0.6 is 11.3 Å². The lowest BCUT2D eigenvalue weighted by Crippen LogP contribution is -2.54. The monoisotopic (exact) mass is 407 g/mol. The van der Waals surface area contributed by atoms with Crippen LogP contribution in [-0.4, -0.2) is 47.9 Å². The zero-order valence-electron chi connectivity index (χ0n) is 16.5. The summed E-state index contributed by atoms with van der Waals surface area (Å²) >= 11 is 1.26. The van der Waals surface area contributed by atoms with Crippen LogP contribution in [0.3, 0.4) is 0 Å². The molecule has 3 rings (SSSR count). The first kappa shape index (κ1) is 20.3. The normalized spacial score (nSPS) is 24.4. The highest BCUT2D eigenvalue weighted by atomic mass is 32.1. The molecule has 1 aliphatic carbocycles. The van der Waals surface area contributed by atoms with Crippen LogP contribution in [-0.2, 0) is 14.3 Å². The predicted molar refractivity (Wildman–Crippen MR) is 104 cm³/mol. The van der Waals surface area contributed by atoms with Gasteiger partial charge >= 0.3 is 12.0 Å². The van der Waals surface area contributed by atoms with E-state index in [4.69, 9.17) is 4.74 Å². The van der Waals surface area contributed by atoms with Crippen molar-refractivity contribution < 1.29 is 23.9 Å². The molecule has 0 aromatic carbocycles. The van der Waals surface area contributed by atoms with Crippen molar-refractivity contribution in [3.8, 4) is 0 Å². The van der Waals surface area contributed by atoms with E-state index in [1.54, 1.807) is 6.92 Å². The first-order valence-electron chi connectivity index (χ1n) is 9.33. The maximum absolute atomic E-state index is 13.0. The molecule has 9 heteroatoms. The van der Waals surface area contributed by atoms with Gasteiger partial charge in [-0.3, -0.25) is 14.5 Å². The number of hydrogen-bond donors (Lipinski definition) is 2. The van der Waals surface area contributed by atoms with Gasteiger partial charge in [0, 0.05) is 4.88 Å². The Bertz CT molecular complexity index is 849. The molecule has 2 aliphatic rings. The number of imide groups is 1. The van der Waals surface area contributed by atoms with Crippen molar-refractivity contribution >= 4 is 40.2 Å². The molecule has 1 aromatic heterocycles. The average Bonchev–Trinajstić information content (AvgIpc) is 3.05. The summed E-state index contributed by atoms with van der Waals surface area (Å²) in [5, 5.41) is 5.85. The number of aryl methyl sites for hydroxylation is 1. The molecule has 1 saturated heterocycles. The Morgan fingerprint density at radius 1 is 1.32 bits per heavy atom. The molecular formula is C19H25N3O5S. The summed E-state index contributed by atoms with van der Waals surface area (Å²) in [6, 6.07) is -0.541. The highest BCUT2D eigenvalue weighted by molar-refractivity contribution is 7.16. The number of urea groups is 1. The number of anilines is 1. The molecule has 1 saturated carbocycles. The molecule has 2 atom stereocenters. The molecule has 152 valence electrons. The number of thiophene rings is 1. The van der Waals surface area contributed by atoms with E-state index in [0.29, 0.717) is 17.0 Å². The third-order valence-electron chi connectivity index (χ3n) is 5.83. The number of amides is 4. The number of ether oxygens (including phenoxy) is 1. The molecule has 2 unspecified atom stereocenters. The second-order valence-corrected chi connectivity index (χ2v) is 8.69.